The van der Waals surface area contributed by atoms with Gasteiger partial charge in [-0.3, -0.25) is 9.78 Å². The topological polar surface area (TPSA) is 47.4 Å². The van der Waals surface area contributed by atoms with Crippen LogP contribution in [0.2, 0.25) is 5.02 Å². The number of fused-ring (bicyclic) bond motifs is 1. The first-order valence-electron chi connectivity index (χ1n) is 8.02. The van der Waals surface area contributed by atoms with Crippen molar-refractivity contribution in [2.75, 3.05) is 20.3 Å². The summed E-state index contributed by atoms with van der Waals surface area (Å²) in [6.45, 7) is 1.46. The minimum absolute atomic E-state index is 0.0456. The van der Waals surface area contributed by atoms with Crippen LogP contribution in [0.3, 0.4) is 0 Å². The van der Waals surface area contributed by atoms with Crippen LogP contribution in [0.4, 0.5) is 0 Å². The van der Waals surface area contributed by atoms with Crippen LogP contribution in [0.25, 0.3) is 10.9 Å². The summed E-state index contributed by atoms with van der Waals surface area (Å²) in [6, 6.07) is 11.4. The lowest BCUT2D eigenvalue weighted by molar-refractivity contribution is 0.0671. The molecule has 0 aliphatic heterocycles. The molecule has 0 spiro atoms. The number of benzene rings is 1. The largest absolute Gasteiger partial charge is 0.383 e. The minimum atomic E-state index is -0.0456. The van der Waals surface area contributed by atoms with Crippen LogP contribution in [0.1, 0.15) is 16.1 Å². The molecule has 6 heteroatoms. The fourth-order valence-corrected chi connectivity index (χ4v) is 3.00. The molecule has 3 aromatic rings. The second kappa shape index (κ2) is 7.68. The van der Waals surface area contributed by atoms with E-state index >= 15 is 0 Å². The van der Waals surface area contributed by atoms with Gasteiger partial charge in [0.1, 0.15) is 5.69 Å². The van der Waals surface area contributed by atoms with E-state index in [1.165, 1.54) is 0 Å². The predicted octanol–water partition coefficient (Wildman–Crippen LogP) is 3.52. The van der Waals surface area contributed by atoms with Crippen molar-refractivity contribution in [2.24, 2.45) is 7.05 Å². The molecule has 0 aliphatic carbocycles. The number of carbonyl (C=O) groups excluding carboxylic acids is 1. The Morgan fingerprint density at radius 1 is 1.32 bits per heavy atom. The van der Waals surface area contributed by atoms with Crippen LogP contribution in [0.5, 0.6) is 0 Å². The molecule has 0 radical (unpaired) electrons. The number of halogens is 1. The molecule has 3 rings (SSSR count). The summed E-state index contributed by atoms with van der Waals surface area (Å²) in [4.78, 5) is 19.0. The first-order valence-corrected chi connectivity index (χ1v) is 8.40. The van der Waals surface area contributed by atoms with Gasteiger partial charge in [-0.1, -0.05) is 23.7 Å². The lowest BCUT2D eigenvalue weighted by Crippen LogP contribution is -2.34. The number of nitrogens with zero attached hydrogens (tertiary/aromatic N) is 3. The molecule has 0 unspecified atom stereocenters. The summed E-state index contributed by atoms with van der Waals surface area (Å²) >= 11 is 6.09. The first-order chi connectivity index (χ1) is 12.1. The molecule has 2 heterocycles. The van der Waals surface area contributed by atoms with Gasteiger partial charge in [-0.15, -0.1) is 0 Å². The zero-order valence-electron chi connectivity index (χ0n) is 14.3. The second-order valence-electron chi connectivity index (χ2n) is 5.87. The van der Waals surface area contributed by atoms with Gasteiger partial charge in [0.05, 0.1) is 6.61 Å². The van der Waals surface area contributed by atoms with Crippen molar-refractivity contribution in [3.8, 4) is 0 Å². The number of pyridine rings is 1. The van der Waals surface area contributed by atoms with E-state index in [1.807, 2.05) is 48.0 Å². The Bertz CT molecular complexity index is 877. The second-order valence-corrected chi connectivity index (χ2v) is 6.31. The molecule has 2 aromatic heterocycles. The minimum Gasteiger partial charge on any atom is -0.383 e. The number of ether oxygens (including phenoxy) is 1. The Hall–Kier alpha value is -2.37. The highest BCUT2D eigenvalue weighted by Gasteiger charge is 2.20. The van der Waals surface area contributed by atoms with Crippen molar-refractivity contribution < 1.29 is 9.53 Å². The Balaban J connectivity index is 1.92. The summed E-state index contributed by atoms with van der Waals surface area (Å²) in [6.07, 6.45) is 3.49. The molecule has 0 saturated heterocycles. The van der Waals surface area contributed by atoms with Gasteiger partial charge in [0.2, 0.25) is 0 Å². The monoisotopic (exact) mass is 357 g/mol. The third-order valence-electron chi connectivity index (χ3n) is 4.18. The van der Waals surface area contributed by atoms with Gasteiger partial charge >= 0.3 is 0 Å². The molecular weight excluding hydrogens is 338 g/mol. The summed E-state index contributed by atoms with van der Waals surface area (Å²) in [5.41, 5.74) is 2.54. The molecule has 0 aliphatic rings. The summed E-state index contributed by atoms with van der Waals surface area (Å²) < 4.78 is 7.05. The average molecular weight is 358 g/mol. The quantitative estimate of drug-likeness (QED) is 0.678. The van der Waals surface area contributed by atoms with E-state index in [1.54, 1.807) is 24.4 Å². The molecule has 0 bridgehead atoms. The Morgan fingerprint density at radius 2 is 2.16 bits per heavy atom. The Kier molecular flexibility index (Phi) is 5.36. The van der Waals surface area contributed by atoms with Gasteiger partial charge in [0.15, 0.2) is 0 Å². The van der Waals surface area contributed by atoms with Crippen LogP contribution in [0.15, 0.2) is 48.8 Å². The van der Waals surface area contributed by atoms with Gasteiger partial charge in [-0.05, 0) is 29.8 Å². The normalized spacial score (nSPS) is 11.0. The van der Waals surface area contributed by atoms with E-state index in [4.69, 9.17) is 16.3 Å². The molecule has 0 atom stereocenters. The third-order valence-corrected chi connectivity index (χ3v) is 4.41. The van der Waals surface area contributed by atoms with E-state index in [-0.39, 0.29) is 5.91 Å². The number of hydrogen-bond donors (Lipinski definition) is 0. The molecule has 0 saturated carbocycles. The van der Waals surface area contributed by atoms with Gasteiger partial charge in [0, 0.05) is 55.6 Å². The zero-order valence-corrected chi connectivity index (χ0v) is 15.0. The van der Waals surface area contributed by atoms with E-state index < -0.39 is 0 Å². The van der Waals surface area contributed by atoms with Gasteiger partial charge in [-0.2, -0.15) is 0 Å². The predicted molar refractivity (Wildman–Crippen MR) is 98.8 cm³/mol. The maximum atomic E-state index is 13.1. The summed E-state index contributed by atoms with van der Waals surface area (Å²) in [5, 5.41) is 1.64. The Labute approximate surface area is 151 Å². The van der Waals surface area contributed by atoms with Crippen molar-refractivity contribution in [2.45, 2.75) is 6.54 Å². The molecule has 5 nitrogen and oxygen atoms in total. The smallest absolute Gasteiger partial charge is 0.270 e. The van der Waals surface area contributed by atoms with E-state index in [0.717, 1.165) is 16.5 Å². The number of methoxy groups -OCH3 is 1. The standard InChI is InChI=1S/C19H20ClN3O2/c1-22-17-11-16(20)6-5-15(17)10-18(22)19(24)23(8-9-25-2)13-14-4-3-7-21-12-14/h3-7,10-12H,8-9,13H2,1-2H3. The molecule has 25 heavy (non-hydrogen) atoms. The van der Waals surface area contributed by atoms with E-state index in [2.05, 4.69) is 4.98 Å². The summed E-state index contributed by atoms with van der Waals surface area (Å²) in [5.74, 6) is -0.0456. The van der Waals surface area contributed by atoms with Crippen molar-refractivity contribution in [1.29, 1.82) is 0 Å². The van der Waals surface area contributed by atoms with Crippen molar-refractivity contribution in [3.63, 3.8) is 0 Å². The van der Waals surface area contributed by atoms with Crippen molar-refractivity contribution in [1.82, 2.24) is 14.5 Å². The number of amides is 1. The highest BCUT2D eigenvalue weighted by molar-refractivity contribution is 6.31. The van der Waals surface area contributed by atoms with E-state index in [0.29, 0.717) is 30.4 Å². The van der Waals surface area contributed by atoms with Gasteiger partial charge in [-0.25, -0.2) is 0 Å². The summed E-state index contributed by atoms with van der Waals surface area (Å²) in [7, 11) is 3.51. The van der Waals surface area contributed by atoms with Crippen molar-refractivity contribution >= 4 is 28.4 Å². The number of aromatic nitrogens is 2. The van der Waals surface area contributed by atoms with Gasteiger partial charge < -0.3 is 14.2 Å². The molecule has 0 fully saturated rings. The molecule has 0 N–H and O–H groups in total. The molecular formula is C19H20ClN3O2. The molecule has 1 aromatic carbocycles. The number of hydrogen-bond acceptors (Lipinski definition) is 3. The molecule has 1 amide bonds. The molecule has 130 valence electrons. The third kappa shape index (κ3) is 3.83. The van der Waals surface area contributed by atoms with Crippen LogP contribution < -0.4 is 0 Å². The maximum Gasteiger partial charge on any atom is 0.270 e. The first kappa shape index (κ1) is 17.5. The number of rotatable bonds is 6. The highest BCUT2D eigenvalue weighted by Crippen LogP contribution is 2.23. The lowest BCUT2D eigenvalue weighted by atomic mass is 10.2. The van der Waals surface area contributed by atoms with Crippen molar-refractivity contribution in [3.05, 3.63) is 65.1 Å². The van der Waals surface area contributed by atoms with Crippen LogP contribution in [-0.4, -0.2) is 40.6 Å². The van der Waals surface area contributed by atoms with Crippen LogP contribution >= 0.6 is 11.6 Å². The maximum absolute atomic E-state index is 13.1. The van der Waals surface area contributed by atoms with E-state index in [9.17, 15) is 4.79 Å². The lowest BCUT2D eigenvalue weighted by Gasteiger charge is -2.22. The van der Waals surface area contributed by atoms with Crippen LogP contribution in [0, 0.1) is 0 Å². The van der Waals surface area contributed by atoms with Gasteiger partial charge in [0.25, 0.3) is 5.91 Å². The highest BCUT2D eigenvalue weighted by atomic mass is 35.5. The fraction of sp³-hybridized carbons (Fsp3) is 0.263. The average Bonchev–Trinajstić information content (AvgIpc) is 2.95. The Morgan fingerprint density at radius 3 is 2.88 bits per heavy atom. The fourth-order valence-electron chi connectivity index (χ4n) is 2.84. The SMILES string of the molecule is COCCN(Cc1cccnc1)C(=O)c1cc2ccc(Cl)cc2n1C. The zero-order chi connectivity index (χ0) is 17.8. The van der Waals surface area contributed by atoms with Crippen LogP contribution in [-0.2, 0) is 18.3 Å². The number of aryl methyl sites for hydroxylation is 1. The number of carbonyl (C=O) groups is 1.